The zero-order valence-electron chi connectivity index (χ0n) is 9.69. The summed E-state index contributed by atoms with van der Waals surface area (Å²) in [5.41, 5.74) is 0. The summed E-state index contributed by atoms with van der Waals surface area (Å²) in [7, 11) is 0. The molecule has 0 amide bonds. The van der Waals surface area contributed by atoms with Crippen LogP contribution in [-0.2, 0) is 17.6 Å². The summed E-state index contributed by atoms with van der Waals surface area (Å²) in [6.45, 7) is 1.05. The second kappa shape index (κ2) is 5.77. The van der Waals surface area contributed by atoms with Gasteiger partial charge in [0.25, 0.3) is 0 Å². The van der Waals surface area contributed by atoms with E-state index in [9.17, 15) is 4.79 Å². The van der Waals surface area contributed by atoms with Gasteiger partial charge in [0, 0.05) is 18.9 Å². The lowest BCUT2D eigenvalue weighted by atomic mass is 10.0. The zero-order valence-corrected chi connectivity index (χ0v) is 9.69. The average Bonchev–Trinajstić information content (AvgIpc) is 2.75. The number of hydrogen-bond donors (Lipinski definition) is 2. The average molecular weight is 239 g/mol. The van der Waals surface area contributed by atoms with Crippen molar-refractivity contribution in [2.45, 2.75) is 44.6 Å². The van der Waals surface area contributed by atoms with E-state index in [1.807, 2.05) is 0 Å². The summed E-state index contributed by atoms with van der Waals surface area (Å²) in [6, 6.07) is 0.425. The van der Waals surface area contributed by atoms with Crippen LogP contribution in [-0.4, -0.2) is 33.8 Å². The molecule has 0 aliphatic carbocycles. The van der Waals surface area contributed by atoms with Crippen LogP contribution in [0.3, 0.4) is 0 Å². The summed E-state index contributed by atoms with van der Waals surface area (Å²) in [5.74, 6) is 0.238. The Hall–Kier alpha value is -1.43. The Kier molecular flexibility index (Phi) is 4.08. The van der Waals surface area contributed by atoms with Gasteiger partial charge in [-0.15, -0.1) is 0 Å². The topological polar surface area (TPSA) is 88.2 Å². The van der Waals surface area contributed by atoms with Gasteiger partial charge in [-0.05, 0) is 19.4 Å². The van der Waals surface area contributed by atoms with E-state index in [4.69, 9.17) is 9.63 Å². The van der Waals surface area contributed by atoms with Gasteiger partial charge in [-0.3, -0.25) is 4.79 Å². The molecule has 2 N–H and O–H groups in total. The standard InChI is InChI=1S/C11H17N3O3/c15-11(16)5-4-10-13-9(14-17-10)7-8-3-1-2-6-12-8/h8,12H,1-7H2,(H,15,16). The van der Waals surface area contributed by atoms with Crippen molar-refractivity contribution in [3.8, 4) is 0 Å². The van der Waals surface area contributed by atoms with Gasteiger partial charge in [0.15, 0.2) is 5.82 Å². The van der Waals surface area contributed by atoms with E-state index in [2.05, 4.69) is 15.5 Å². The monoisotopic (exact) mass is 239 g/mol. The number of carboxylic acid groups (broad SMARTS) is 1. The lowest BCUT2D eigenvalue weighted by molar-refractivity contribution is -0.137. The SMILES string of the molecule is O=C(O)CCc1nc(CC2CCCCN2)no1. The van der Waals surface area contributed by atoms with Gasteiger partial charge in [-0.1, -0.05) is 11.6 Å². The Morgan fingerprint density at radius 1 is 1.53 bits per heavy atom. The van der Waals surface area contributed by atoms with Crippen LogP contribution < -0.4 is 5.32 Å². The molecular formula is C11H17N3O3. The van der Waals surface area contributed by atoms with E-state index < -0.39 is 5.97 Å². The minimum absolute atomic E-state index is 0.0311. The second-order valence-electron chi connectivity index (χ2n) is 4.35. The van der Waals surface area contributed by atoms with E-state index in [0.29, 0.717) is 24.2 Å². The number of nitrogens with zero attached hydrogens (tertiary/aromatic N) is 2. The van der Waals surface area contributed by atoms with Crippen molar-refractivity contribution in [3.05, 3.63) is 11.7 Å². The number of aromatic nitrogens is 2. The fourth-order valence-electron chi connectivity index (χ4n) is 2.01. The third-order valence-electron chi connectivity index (χ3n) is 2.90. The minimum Gasteiger partial charge on any atom is -0.481 e. The molecule has 6 heteroatoms. The normalized spacial score (nSPS) is 20.4. The molecule has 0 spiro atoms. The van der Waals surface area contributed by atoms with Crippen LogP contribution in [0.1, 0.15) is 37.4 Å². The van der Waals surface area contributed by atoms with Crippen molar-refractivity contribution >= 4 is 5.97 Å². The van der Waals surface area contributed by atoms with Crippen molar-refractivity contribution in [2.24, 2.45) is 0 Å². The summed E-state index contributed by atoms with van der Waals surface area (Å²) >= 11 is 0. The van der Waals surface area contributed by atoms with Gasteiger partial charge < -0.3 is 14.9 Å². The largest absolute Gasteiger partial charge is 0.481 e. The summed E-state index contributed by atoms with van der Waals surface area (Å²) in [4.78, 5) is 14.6. The van der Waals surface area contributed by atoms with Crippen molar-refractivity contribution in [1.82, 2.24) is 15.5 Å². The van der Waals surface area contributed by atoms with Crippen LogP contribution in [0.25, 0.3) is 0 Å². The van der Waals surface area contributed by atoms with E-state index in [0.717, 1.165) is 19.4 Å². The van der Waals surface area contributed by atoms with Gasteiger partial charge in [-0.25, -0.2) is 0 Å². The maximum absolute atomic E-state index is 10.4. The van der Waals surface area contributed by atoms with Gasteiger partial charge >= 0.3 is 5.97 Å². The van der Waals surface area contributed by atoms with E-state index in [-0.39, 0.29) is 6.42 Å². The number of hydrogen-bond acceptors (Lipinski definition) is 5. The molecule has 6 nitrogen and oxygen atoms in total. The number of nitrogens with one attached hydrogen (secondary N) is 1. The van der Waals surface area contributed by atoms with Crippen LogP contribution in [0.15, 0.2) is 4.52 Å². The van der Waals surface area contributed by atoms with Gasteiger partial charge in [-0.2, -0.15) is 4.98 Å². The van der Waals surface area contributed by atoms with Gasteiger partial charge in [0.2, 0.25) is 5.89 Å². The second-order valence-corrected chi connectivity index (χ2v) is 4.35. The van der Waals surface area contributed by atoms with Crippen molar-refractivity contribution < 1.29 is 14.4 Å². The highest BCUT2D eigenvalue weighted by atomic mass is 16.5. The maximum atomic E-state index is 10.4. The predicted molar refractivity (Wildman–Crippen MR) is 59.6 cm³/mol. The Balaban J connectivity index is 1.82. The highest BCUT2D eigenvalue weighted by molar-refractivity contribution is 5.66. The number of aryl methyl sites for hydroxylation is 1. The molecule has 2 rings (SSSR count). The highest BCUT2D eigenvalue weighted by Gasteiger charge is 2.16. The molecule has 1 fully saturated rings. The first-order valence-corrected chi connectivity index (χ1v) is 6.00. The minimum atomic E-state index is -0.848. The predicted octanol–water partition coefficient (Wildman–Crippen LogP) is 0.771. The summed E-state index contributed by atoms with van der Waals surface area (Å²) in [5, 5.41) is 15.8. The molecule has 1 aliphatic rings. The Labute approximate surface area is 99.4 Å². The van der Waals surface area contributed by atoms with Gasteiger partial charge in [0.05, 0.1) is 6.42 Å². The molecule has 17 heavy (non-hydrogen) atoms. The van der Waals surface area contributed by atoms with Crippen LogP contribution in [0.4, 0.5) is 0 Å². The summed E-state index contributed by atoms with van der Waals surface area (Å²) in [6.07, 6.45) is 4.70. The molecule has 2 heterocycles. The molecule has 1 unspecified atom stereocenters. The Morgan fingerprint density at radius 2 is 2.41 bits per heavy atom. The molecule has 1 aromatic heterocycles. The van der Waals surface area contributed by atoms with Crippen molar-refractivity contribution in [2.75, 3.05) is 6.54 Å². The molecule has 94 valence electrons. The maximum Gasteiger partial charge on any atom is 0.303 e. The molecule has 1 aromatic rings. The fraction of sp³-hybridized carbons (Fsp3) is 0.727. The van der Waals surface area contributed by atoms with E-state index >= 15 is 0 Å². The van der Waals surface area contributed by atoms with Crippen molar-refractivity contribution in [3.63, 3.8) is 0 Å². The Morgan fingerprint density at radius 3 is 3.12 bits per heavy atom. The Bertz CT molecular complexity index is 372. The molecule has 1 atom stereocenters. The number of aliphatic carboxylic acids is 1. The third kappa shape index (κ3) is 3.81. The first-order chi connectivity index (χ1) is 8.24. The lowest BCUT2D eigenvalue weighted by Gasteiger charge is -2.21. The lowest BCUT2D eigenvalue weighted by Crippen LogP contribution is -2.35. The fourth-order valence-corrected chi connectivity index (χ4v) is 2.01. The van der Waals surface area contributed by atoms with Crippen molar-refractivity contribution in [1.29, 1.82) is 0 Å². The number of rotatable bonds is 5. The molecule has 0 radical (unpaired) electrons. The third-order valence-corrected chi connectivity index (χ3v) is 2.90. The molecule has 0 saturated carbocycles. The number of carboxylic acids is 1. The van der Waals surface area contributed by atoms with Gasteiger partial charge in [0.1, 0.15) is 0 Å². The quantitative estimate of drug-likeness (QED) is 0.789. The molecule has 1 saturated heterocycles. The number of carbonyl (C=O) groups is 1. The van der Waals surface area contributed by atoms with Crippen LogP contribution in [0.5, 0.6) is 0 Å². The smallest absolute Gasteiger partial charge is 0.303 e. The van der Waals surface area contributed by atoms with Crippen LogP contribution in [0.2, 0.25) is 0 Å². The van der Waals surface area contributed by atoms with Crippen LogP contribution in [0, 0.1) is 0 Å². The molecular weight excluding hydrogens is 222 g/mol. The molecule has 1 aliphatic heterocycles. The van der Waals surface area contributed by atoms with Crippen LogP contribution >= 0.6 is 0 Å². The molecule has 0 bridgehead atoms. The zero-order chi connectivity index (χ0) is 12.1. The van der Waals surface area contributed by atoms with E-state index in [1.165, 1.54) is 12.8 Å². The highest BCUT2D eigenvalue weighted by Crippen LogP contribution is 2.11. The summed E-state index contributed by atoms with van der Waals surface area (Å²) < 4.78 is 5.00. The first kappa shape index (κ1) is 12.0. The first-order valence-electron chi connectivity index (χ1n) is 6.00. The van der Waals surface area contributed by atoms with E-state index in [1.54, 1.807) is 0 Å². The molecule has 0 aromatic carbocycles. The number of piperidine rings is 1.